The van der Waals surface area contributed by atoms with E-state index in [1.54, 1.807) is 0 Å². The Kier molecular flexibility index (Phi) is 6.95. The number of aliphatic hydroxyl groups is 1. The summed E-state index contributed by atoms with van der Waals surface area (Å²) in [5.41, 5.74) is 4.47. The van der Waals surface area contributed by atoms with E-state index in [2.05, 4.69) is 81.5 Å². The second kappa shape index (κ2) is 9.24. The van der Waals surface area contributed by atoms with Gasteiger partial charge in [0, 0.05) is 18.0 Å². The zero-order valence-corrected chi connectivity index (χ0v) is 18.0. The summed E-state index contributed by atoms with van der Waals surface area (Å²) in [6.45, 7) is 8.71. The SMILES string of the molecule is CCCCCC[C@]1(O)C[C@H](c2ccc(C)cc2)N[C@@H](c2ccc(C)cc2)[C@@H]1C. The molecule has 0 bridgehead atoms. The van der Waals surface area contributed by atoms with Crippen molar-refractivity contribution >= 4 is 0 Å². The lowest BCUT2D eigenvalue weighted by Gasteiger charge is -2.48. The van der Waals surface area contributed by atoms with Crippen LogP contribution in [0.3, 0.4) is 0 Å². The van der Waals surface area contributed by atoms with Gasteiger partial charge >= 0.3 is 0 Å². The second-order valence-electron chi connectivity index (χ2n) is 8.93. The zero-order valence-electron chi connectivity index (χ0n) is 18.0. The van der Waals surface area contributed by atoms with E-state index in [-0.39, 0.29) is 18.0 Å². The molecule has 0 unspecified atom stereocenters. The van der Waals surface area contributed by atoms with Crippen LogP contribution in [0.4, 0.5) is 0 Å². The first-order valence-electron chi connectivity index (χ1n) is 11.0. The van der Waals surface area contributed by atoms with E-state index in [1.807, 2.05) is 0 Å². The topological polar surface area (TPSA) is 32.3 Å². The molecule has 152 valence electrons. The molecule has 4 atom stereocenters. The molecular weight excluding hydrogens is 342 g/mol. The number of piperidine rings is 1. The highest BCUT2D eigenvalue weighted by atomic mass is 16.3. The predicted molar refractivity (Wildman–Crippen MR) is 118 cm³/mol. The summed E-state index contributed by atoms with van der Waals surface area (Å²) in [6, 6.07) is 17.9. The van der Waals surface area contributed by atoms with Gasteiger partial charge in [0.15, 0.2) is 0 Å². The molecule has 1 heterocycles. The zero-order chi connectivity index (χ0) is 20.1. The summed E-state index contributed by atoms with van der Waals surface area (Å²) in [5, 5.41) is 15.6. The Balaban J connectivity index is 1.87. The van der Waals surface area contributed by atoms with Crippen molar-refractivity contribution in [1.82, 2.24) is 5.32 Å². The fourth-order valence-electron chi connectivity index (χ4n) is 4.63. The molecule has 2 heteroatoms. The van der Waals surface area contributed by atoms with E-state index >= 15 is 0 Å². The second-order valence-corrected chi connectivity index (χ2v) is 8.93. The standard InChI is InChI=1S/C26H37NO/c1-5-6-7-8-17-26(28)18-24(22-13-9-19(2)10-14-22)27-25(21(26)4)23-15-11-20(3)12-16-23/h9-16,21,24-25,27-28H,5-8,17-18H2,1-4H3/t21-,24+,25+,26-/m0/s1. The van der Waals surface area contributed by atoms with E-state index in [0.717, 1.165) is 19.3 Å². The number of nitrogens with one attached hydrogen (secondary N) is 1. The van der Waals surface area contributed by atoms with Crippen molar-refractivity contribution in [3.63, 3.8) is 0 Å². The van der Waals surface area contributed by atoms with E-state index in [1.165, 1.54) is 41.5 Å². The molecule has 2 N–H and O–H groups in total. The predicted octanol–water partition coefficient (Wildman–Crippen LogP) is 6.42. The molecule has 1 fully saturated rings. The van der Waals surface area contributed by atoms with Crippen molar-refractivity contribution < 1.29 is 5.11 Å². The maximum atomic E-state index is 11.8. The molecule has 1 aliphatic rings. The van der Waals surface area contributed by atoms with E-state index in [0.29, 0.717) is 0 Å². The average Bonchev–Trinajstić information content (AvgIpc) is 2.69. The van der Waals surface area contributed by atoms with Gasteiger partial charge in [-0.25, -0.2) is 0 Å². The van der Waals surface area contributed by atoms with Crippen molar-refractivity contribution in [2.45, 2.75) is 83.9 Å². The maximum absolute atomic E-state index is 11.8. The van der Waals surface area contributed by atoms with Crippen molar-refractivity contribution in [3.05, 3.63) is 70.8 Å². The summed E-state index contributed by atoms with van der Waals surface area (Å²) in [5.74, 6) is 0.179. The van der Waals surface area contributed by atoms with Gasteiger partial charge in [-0.3, -0.25) is 0 Å². The highest BCUT2D eigenvalue weighted by molar-refractivity contribution is 5.30. The van der Waals surface area contributed by atoms with Gasteiger partial charge in [-0.15, -0.1) is 0 Å². The summed E-state index contributed by atoms with van der Waals surface area (Å²) in [4.78, 5) is 0. The summed E-state index contributed by atoms with van der Waals surface area (Å²) < 4.78 is 0. The fraction of sp³-hybridized carbons (Fsp3) is 0.538. The van der Waals surface area contributed by atoms with E-state index in [4.69, 9.17) is 0 Å². The van der Waals surface area contributed by atoms with Gasteiger partial charge in [0.2, 0.25) is 0 Å². The van der Waals surface area contributed by atoms with Crippen LogP contribution in [0, 0.1) is 19.8 Å². The number of benzene rings is 2. The molecule has 0 aromatic heterocycles. The van der Waals surface area contributed by atoms with Crippen molar-refractivity contribution in [3.8, 4) is 0 Å². The Morgan fingerprint density at radius 1 is 0.893 bits per heavy atom. The molecule has 1 aliphatic heterocycles. The third-order valence-electron chi connectivity index (χ3n) is 6.67. The molecule has 0 radical (unpaired) electrons. The molecule has 0 aliphatic carbocycles. The van der Waals surface area contributed by atoms with Crippen LogP contribution in [0.5, 0.6) is 0 Å². The molecule has 0 saturated carbocycles. The van der Waals surface area contributed by atoms with Crippen LogP contribution in [-0.2, 0) is 0 Å². The number of rotatable bonds is 7. The van der Waals surface area contributed by atoms with Crippen LogP contribution in [0.15, 0.2) is 48.5 Å². The van der Waals surface area contributed by atoms with Crippen LogP contribution >= 0.6 is 0 Å². The lowest BCUT2D eigenvalue weighted by molar-refractivity contribution is -0.0754. The summed E-state index contributed by atoms with van der Waals surface area (Å²) >= 11 is 0. The normalized spacial score (nSPS) is 27.7. The molecule has 3 rings (SSSR count). The number of unbranched alkanes of at least 4 members (excludes halogenated alkanes) is 3. The molecule has 0 spiro atoms. The Bertz CT molecular complexity index is 736. The summed E-state index contributed by atoms with van der Waals surface area (Å²) in [6.07, 6.45) is 6.48. The highest BCUT2D eigenvalue weighted by Crippen LogP contribution is 2.45. The highest BCUT2D eigenvalue weighted by Gasteiger charge is 2.45. The van der Waals surface area contributed by atoms with Gasteiger partial charge < -0.3 is 10.4 Å². The molecule has 28 heavy (non-hydrogen) atoms. The van der Waals surface area contributed by atoms with Gasteiger partial charge in [-0.2, -0.15) is 0 Å². The van der Waals surface area contributed by atoms with Crippen molar-refractivity contribution in [2.24, 2.45) is 5.92 Å². The minimum Gasteiger partial charge on any atom is -0.389 e. The molecule has 2 aromatic rings. The fourth-order valence-corrected chi connectivity index (χ4v) is 4.63. The first-order chi connectivity index (χ1) is 13.4. The first kappa shape index (κ1) is 21.1. The quantitative estimate of drug-likeness (QED) is 0.544. The van der Waals surface area contributed by atoms with Crippen LogP contribution in [0.2, 0.25) is 0 Å². The van der Waals surface area contributed by atoms with Gasteiger partial charge in [0.05, 0.1) is 5.60 Å². The lowest BCUT2D eigenvalue weighted by Crippen LogP contribution is -2.52. The Morgan fingerprint density at radius 3 is 2.04 bits per heavy atom. The molecule has 0 amide bonds. The van der Waals surface area contributed by atoms with Crippen LogP contribution in [0.1, 0.15) is 86.7 Å². The average molecular weight is 380 g/mol. The number of hydrogen-bond acceptors (Lipinski definition) is 2. The molecule has 2 aromatic carbocycles. The van der Waals surface area contributed by atoms with Crippen LogP contribution in [-0.4, -0.2) is 10.7 Å². The number of aryl methyl sites for hydroxylation is 2. The largest absolute Gasteiger partial charge is 0.389 e. The van der Waals surface area contributed by atoms with Crippen molar-refractivity contribution in [1.29, 1.82) is 0 Å². The number of hydrogen-bond donors (Lipinski definition) is 2. The van der Waals surface area contributed by atoms with Gasteiger partial charge in [0.25, 0.3) is 0 Å². The lowest BCUT2D eigenvalue weighted by atomic mass is 9.70. The molecule has 2 nitrogen and oxygen atoms in total. The molecular formula is C26H37NO. The third kappa shape index (κ3) is 4.85. The third-order valence-corrected chi connectivity index (χ3v) is 6.67. The Labute approximate surface area is 171 Å². The summed E-state index contributed by atoms with van der Waals surface area (Å²) in [7, 11) is 0. The molecule has 1 saturated heterocycles. The Morgan fingerprint density at radius 2 is 1.46 bits per heavy atom. The smallest absolute Gasteiger partial charge is 0.0709 e. The van der Waals surface area contributed by atoms with Gasteiger partial charge in [-0.05, 0) is 37.8 Å². The minimum atomic E-state index is -0.635. The van der Waals surface area contributed by atoms with Crippen LogP contribution < -0.4 is 5.32 Å². The van der Waals surface area contributed by atoms with Gasteiger partial charge in [0.1, 0.15) is 0 Å². The van der Waals surface area contributed by atoms with E-state index < -0.39 is 5.60 Å². The van der Waals surface area contributed by atoms with Crippen LogP contribution in [0.25, 0.3) is 0 Å². The Hall–Kier alpha value is -1.64. The first-order valence-corrected chi connectivity index (χ1v) is 11.0. The minimum absolute atomic E-state index is 0.164. The van der Waals surface area contributed by atoms with E-state index in [9.17, 15) is 5.11 Å². The van der Waals surface area contributed by atoms with Crippen molar-refractivity contribution in [2.75, 3.05) is 0 Å². The maximum Gasteiger partial charge on any atom is 0.0709 e. The van der Waals surface area contributed by atoms with Gasteiger partial charge in [-0.1, -0.05) is 99.2 Å². The monoisotopic (exact) mass is 379 g/mol.